The second kappa shape index (κ2) is 8.26. The quantitative estimate of drug-likeness (QED) is 0.684. The monoisotopic (exact) mass is 337 g/mol. The lowest BCUT2D eigenvalue weighted by Crippen LogP contribution is -2.34. The minimum atomic E-state index is -3.75. The summed E-state index contributed by atoms with van der Waals surface area (Å²) in [6.45, 7) is 2.77. The van der Waals surface area contributed by atoms with Gasteiger partial charge in [0.1, 0.15) is 6.10 Å². The van der Waals surface area contributed by atoms with E-state index >= 15 is 0 Å². The van der Waals surface area contributed by atoms with E-state index in [0.29, 0.717) is 13.0 Å². The fourth-order valence-corrected chi connectivity index (χ4v) is 3.62. The van der Waals surface area contributed by atoms with Gasteiger partial charge in [-0.15, -0.1) is 0 Å². The Hall–Kier alpha value is -1.66. The van der Waals surface area contributed by atoms with Crippen molar-refractivity contribution in [2.24, 2.45) is 0 Å². The number of nitrogens with zero attached hydrogens (tertiary/aromatic N) is 1. The standard InChI is InChI=1S/C17H23NO4S/c1-2-3-7-13-22-16-10-12-18(17(16)19)23(20,21)14-11-15-8-5-4-6-9-15/h4-6,8-9,11,14,16H,2-3,7,10,12-13H2,1H3. The summed E-state index contributed by atoms with van der Waals surface area (Å²) in [5, 5.41) is 1.08. The fraction of sp³-hybridized carbons (Fsp3) is 0.471. The third-order valence-electron chi connectivity index (χ3n) is 3.72. The molecule has 1 aromatic carbocycles. The van der Waals surface area contributed by atoms with Crippen LogP contribution in [0.3, 0.4) is 0 Å². The van der Waals surface area contributed by atoms with Crippen LogP contribution in [0.2, 0.25) is 0 Å². The summed E-state index contributed by atoms with van der Waals surface area (Å²) in [5.41, 5.74) is 0.773. The van der Waals surface area contributed by atoms with Gasteiger partial charge in [-0.05, 0) is 18.1 Å². The highest BCUT2D eigenvalue weighted by atomic mass is 32.2. The SMILES string of the molecule is CCCCCOC1CCN(S(=O)(=O)C=Cc2ccccc2)C1=O. The molecule has 0 bridgehead atoms. The first-order valence-electron chi connectivity index (χ1n) is 7.96. The molecule has 1 heterocycles. The van der Waals surface area contributed by atoms with Gasteiger partial charge in [-0.2, -0.15) is 0 Å². The third-order valence-corrected chi connectivity index (χ3v) is 5.18. The number of sulfonamides is 1. The molecular formula is C17H23NO4S. The molecule has 1 aliphatic rings. The van der Waals surface area contributed by atoms with Gasteiger partial charge >= 0.3 is 0 Å². The lowest BCUT2D eigenvalue weighted by molar-refractivity contribution is -0.133. The first kappa shape index (κ1) is 17.7. The minimum absolute atomic E-state index is 0.179. The van der Waals surface area contributed by atoms with Crippen LogP contribution < -0.4 is 0 Å². The van der Waals surface area contributed by atoms with Gasteiger partial charge in [-0.3, -0.25) is 4.79 Å². The molecule has 5 nitrogen and oxygen atoms in total. The number of hydrogen-bond acceptors (Lipinski definition) is 4. The van der Waals surface area contributed by atoms with Crippen molar-refractivity contribution in [3.05, 3.63) is 41.3 Å². The summed E-state index contributed by atoms with van der Waals surface area (Å²) in [6.07, 6.45) is 4.30. The van der Waals surface area contributed by atoms with Gasteiger partial charge in [-0.1, -0.05) is 50.1 Å². The Balaban J connectivity index is 1.95. The number of ether oxygens (including phenoxy) is 1. The maximum absolute atomic E-state index is 12.3. The Bertz CT molecular complexity index is 640. The van der Waals surface area contributed by atoms with Gasteiger partial charge in [0.15, 0.2) is 0 Å². The second-order valence-corrected chi connectivity index (χ2v) is 7.27. The summed E-state index contributed by atoms with van der Waals surface area (Å²) < 4.78 is 31.0. The van der Waals surface area contributed by atoms with Gasteiger partial charge < -0.3 is 4.74 Å². The largest absolute Gasteiger partial charge is 0.368 e. The van der Waals surface area contributed by atoms with Crippen LogP contribution in [0.5, 0.6) is 0 Å². The number of unbranched alkanes of at least 4 members (excludes halogenated alkanes) is 2. The molecule has 0 saturated carbocycles. The van der Waals surface area contributed by atoms with Crippen molar-refractivity contribution in [1.29, 1.82) is 0 Å². The van der Waals surface area contributed by atoms with E-state index in [-0.39, 0.29) is 6.54 Å². The number of hydrogen-bond donors (Lipinski definition) is 0. The van der Waals surface area contributed by atoms with Gasteiger partial charge in [0.25, 0.3) is 15.9 Å². The van der Waals surface area contributed by atoms with Crippen molar-refractivity contribution in [1.82, 2.24) is 4.31 Å². The minimum Gasteiger partial charge on any atom is -0.368 e. The van der Waals surface area contributed by atoms with E-state index in [0.717, 1.165) is 34.5 Å². The smallest absolute Gasteiger partial charge is 0.265 e. The van der Waals surface area contributed by atoms with Crippen LogP contribution in [-0.2, 0) is 19.6 Å². The average molecular weight is 337 g/mol. The molecule has 0 aromatic heterocycles. The number of benzene rings is 1. The van der Waals surface area contributed by atoms with Crippen molar-refractivity contribution >= 4 is 22.0 Å². The van der Waals surface area contributed by atoms with E-state index in [2.05, 4.69) is 6.92 Å². The highest BCUT2D eigenvalue weighted by Crippen LogP contribution is 2.20. The van der Waals surface area contributed by atoms with E-state index in [1.54, 1.807) is 12.1 Å². The van der Waals surface area contributed by atoms with Crippen LogP contribution in [0, 0.1) is 0 Å². The zero-order valence-electron chi connectivity index (χ0n) is 13.3. The molecule has 0 radical (unpaired) electrons. The molecule has 0 N–H and O–H groups in total. The number of carbonyl (C=O) groups is 1. The fourth-order valence-electron chi connectivity index (χ4n) is 2.42. The predicted molar refractivity (Wildman–Crippen MR) is 90.0 cm³/mol. The molecule has 1 atom stereocenters. The molecule has 1 fully saturated rings. The molecular weight excluding hydrogens is 314 g/mol. The summed E-state index contributed by atoms with van der Waals surface area (Å²) in [7, 11) is -3.75. The number of carbonyl (C=O) groups excluding carboxylic acids is 1. The Morgan fingerprint density at radius 1 is 1.26 bits per heavy atom. The van der Waals surface area contributed by atoms with E-state index < -0.39 is 22.0 Å². The molecule has 1 amide bonds. The summed E-state index contributed by atoms with van der Waals surface area (Å²) in [4.78, 5) is 12.2. The summed E-state index contributed by atoms with van der Waals surface area (Å²) in [6, 6.07) is 9.12. The van der Waals surface area contributed by atoms with Crippen molar-refractivity contribution in [2.45, 2.75) is 38.7 Å². The molecule has 0 aliphatic carbocycles. The highest BCUT2D eigenvalue weighted by Gasteiger charge is 2.38. The zero-order chi connectivity index (χ0) is 16.7. The van der Waals surface area contributed by atoms with Crippen LogP contribution in [0.15, 0.2) is 35.7 Å². The van der Waals surface area contributed by atoms with Gasteiger partial charge in [0.05, 0.1) is 5.41 Å². The van der Waals surface area contributed by atoms with E-state index in [4.69, 9.17) is 4.74 Å². The van der Waals surface area contributed by atoms with Crippen LogP contribution in [0.1, 0.15) is 38.2 Å². The van der Waals surface area contributed by atoms with Gasteiger partial charge in [0.2, 0.25) is 0 Å². The van der Waals surface area contributed by atoms with Crippen LogP contribution >= 0.6 is 0 Å². The maximum Gasteiger partial charge on any atom is 0.265 e. The highest BCUT2D eigenvalue weighted by molar-refractivity contribution is 7.92. The Kier molecular flexibility index (Phi) is 6.36. The molecule has 6 heteroatoms. The van der Waals surface area contributed by atoms with Crippen molar-refractivity contribution in [3.63, 3.8) is 0 Å². The van der Waals surface area contributed by atoms with Crippen LogP contribution in [-0.4, -0.2) is 37.9 Å². The normalized spacial score (nSPS) is 18.9. The van der Waals surface area contributed by atoms with Crippen LogP contribution in [0.25, 0.3) is 6.08 Å². The van der Waals surface area contributed by atoms with Gasteiger partial charge in [-0.25, -0.2) is 12.7 Å². The number of amides is 1. The Labute approximate surface area is 138 Å². The van der Waals surface area contributed by atoms with Crippen molar-refractivity contribution < 1.29 is 17.9 Å². The lowest BCUT2D eigenvalue weighted by Gasteiger charge is -2.14. The lowest BCUT2D eigenvalue weighted by atomic mass is 10.2. The van der Waals surface area contributed by atoms with Crippen LogP contribution in [0.4, 0.5) is 0 Å². The molecule has 1 unspecified atom stereocenters. The van der Waals surface area contributed by atoms with Crippen molar-refractivity contribution in [2.75, 3.05) is 13.2 Å². The summed E-state index contributed by atoms with van der Waals surface area (Å²) in [5.74, 6) is -0.459. The van der Waals surface area contributed by atoms with Crippen molar-refractivity contribution in [3.8, 4) is 0 Å². The Morgan fingerprint density at radius 2 is 2.00 bits per heavy atom. The first-order chi connectivity index (χ1) is 11.0. The molecule has 2 rings (SSSR count). The Morgan fingerprint density at radius 3 is 2.70 bits per heavy atom. The average Bonchev–Trinajstić information content (AvgIpc) is 2.92. The molecule has 0 spiro atoms. The summed E-state index contributed by atoms with van der Waals surface area (Å²) >= 11 is 0. The zero-order valence-corrected chi connectivity index (χ0v) is 14.2. The molecule has 126 valence electrons. The topological polar surface area (TPSA) is 63.7 Å². The molecule has 1 aromatic rings. The van der Waals surface area contributed by atoms with E-state index in [9.17, 15) is 13.2 Å². The molecule has 1 aliphatic heterocycles. The predicted octanol–water partition coefficient (Wildman–Crippen LogP) is 2.79. The second-order valence-electron chi connectivity index (χ2n) is 5.52. The first-order valence-corrected chi connectivity index (χ1v) is 9.46. The van der Waals surface area contributed by atoms with Gasteiger partial charge in [0, 0.05) is 19.6 Å². The third kappa shape index (κ3) is 4.91. The number of rotatable bonds is 8. The molecule has 1 saturated heterocycles. The maximum atomic E-state index is 12.3. The van der Waals surface area contributed by atoms with E-state index in [1.165, 1.54) is 6.08 Å². The molecule has 23 heavy (non-hydrogen) atoms. The van der Waals surface area contributed by atoms with E-state index in [1.807, 2.05) is 18.2 Å².